The molecule has 6 heteroatoms. The molecule has 1 aliphatic heterocycles. The van der Waals surface area contributed by atoms with E-state index in [4.69, 9.17) is 0 Å². The zero-order valence-electron chi connectivity index (χ0n) is 14.9. The Bertz CT molecular complexity index is 689. The molecule has 1 fully saturated rings. The highest BCUT2D eigenvalue weighted by Gasteiger charge is 2.22. The number of hydrogen-bond donors (Lipinski definition) is 0. The van der Waals surface area contributed by atoms with Gasteiger partial charge in [0.25, 0.3) is 5.91 Å². The van der Waals surface area contributed by atoms with E-state index in [0.717, 1.165) is 25.2 Å². The summed E-state index contributed by atoms with van der Waals surface area (Å²) >= 11 is 0. The molecular weight excluding hydrogens is 314 g/mol. The van der Waals surface area contributed by atoms with E-state index in [-0.39, 0.29) is 5.91 Å². The van der Waals surface area contributed by atoms with Crippen molar-refractivity contribution in [1.29, 1.82) is 0 Å². The third kappa shape index (κ3) is 4.39. The van der Waals surface area contributed by atoms with Gasteiger partial charge in [0.1, 0.15) is 0 Å². The van der Waals surface area contributed by atoms with Crippen LogP contribution in [0.25, 0.3) is 11.4 Å². The van der Waals surface area contributed by atoms with Gasteiger partial charge in [-0.1, -0.05) is 6.92 Å². The molecule has 0 bridgehead atoms. The number of amides is 1. The number of rotatable bonds is 5. The lowest BCUT2D eigenvalue weighted by atomic mass is 9.97. The van der Waals surface area contributed by atoms with Crippen LogP contribution in [-0.4, -0.2) is 63.9 Å². The minimum Gasteiger partial charge on any atom is -0.341 e. The fraction of sp³-hybridized carbons (Fsp3) is 0.474. The summed E-state index contributed by atoms with van der Waals surface area (Å²) in [6, 6.07) is 3.71. The molecule has 2 aromatic rings. The SMILES string of the molecule is CCN1CCCC(CN(C)C(=O)c2cnc(-c3ccncc3)nc2)C1. The number of likely N-dealkylation sites (tertiary alicyclic amines) is 1. The zero-order valence-corrected chi connectivity index (χ0v) is 14.9. The van der Waals surface area contributed by atoms with E-state index in [1.54, 1.807) is 29.7 Å². The van der Waals surface area contributed by atoms with Crippen LogP contribution < -0.4 is 0 Å². The van der Waals surface area contributed by atoms with Crippen LogP contribution in [0.2, 0.25) is 0 Å². The predicted molar refractivity (Wildman–Crippen MR) is 97.1 cm³/mol. The maximum Gasteiger partial charge on any atom is 0.256 e. The van der Waals surface area contributed by atoms with Crippen LogP contribution >= 0.6 is 0 Å². The molecule has 25 heavy (non-hydrogen) atoms. The van der Waals surface area contributed by atoms with E-state index >= 15 is 0 Å². The quantitative estimate of drug-likeness (QED) is 0.837. The molecule has 2 aromatic heterocycles. The molecule has 1 saturated heterocycles. The Hall–Kier alpha value is -2.34. The summed E-state index contributed by atoms with van der Waals surface area (Å²) in [7, 11) is 1.87. The second-order valence-corrected chi connectivity index (χ2v) is 6.62. The predicted octanol–water partition coefficient (Wildman–Crippen LogP) is 2.34. The van der Waals surface area contributed by atoms with Gasteiger partial charge in [0.15, 0.2) is 5.82 Å². The molecule has 0 aromatic carbocycles. The van der Waals surface area contributed by atoms with Crippen LogP contribution in [0, 0.1) is 5.92 Å². The largest absolute Gasteiger partial charge is 0.341 e. The van der Waals surface area contributed by atoms with E-state index in [1.165, 1.54) is 19.4 Å². The summed E-state index contributed by atoms with van der Waals surface area (Å²) in [5.41, 5.74) is 1.42. The van der Waals surface area contributed by atoms with Crippen molar-refractivity contribution >= 4 is 5.91 Å². The lowest BCUT2D eigenvalue weighted by Crippen LogP contribution is -2.41. The summed E-state index contributed by atoms with van der Waals surface area (Å²) in [4.78, 5) is 29.5. The molecule has 3 heterocycles. The van der Waals surface area contributed by atoms with Gasteiger partial charge in [0, 0.05) is 50.5 Å². The molecule has 0 spiro atoms. The molecule has 132 valence electrons. The van der Waals surface area contributed by atoms with Gasteiger partial charge in [0.05, 0.1) is 5.56 Å². The molecule has 3 rings (SSSR count). The Morgan fingerprint density at radius 2 is 2.00 bits per heavy atom. The van der Waals surface area contributed by atoms with Gasteiger partial charge in [-0.15, -0.1) is 0 Å². The highest BCUT2D eigenvalue weighted by Crippen LogP contribution is 2.18. The fourth-order valence-corrected chi connectivity index (χ4v) is 3.37. The van der Waals surface area contributed by atoms with Crippen LogP contribution in [0.5, 0.6) is 0 Å². The Kier molecular flexibility index (Phi) is 5.71. The van der Waals surface area contributed by atoms with Crippen molar-refractivity contribution in [2.24, 2.45) is 5.92 Å². The monoisotopic (exact) mass is 339 g/mol. The Morgan fingerprint density at radius 1 is 1.28 bits per heavy atom. The Morgan fingerprint density at radius 3 is 2.68 bits per heavy atom. The molecular formula is C19H25N5O. The highest BCUT2D eigenvalue weighted by molar-refractivity contribution is 5.93. The lowest BCUT2D eigenvalue weighted by Gasteiger charge is -2.34. The zero-order chi connectivity index (χ0) is 17.6. The van der Waals surface area contributed by atoms with E-state index in [1.807, 2.05) is 19.2 Å². The Labute approximate surface area is 148 Å². The van der Waals surface area contributed by atoms with Gasteiger partial charge < -0.3 is 9.80 Å². The topological polar surface area (TPSA) is 62.2 Å². The molecule has 6 nitrogen and oxygen atoms in total. The van der Waals surface area contributed by atoms with Gasteiger partial charge in [-0.3, -0.25) is 9.78 Å². The van der Waals surface area contributed by atoms with Crippen molar-refractivity contribution in [3.63, 3.8) is 0 Å². The van der Waals surface area contributed by atoms with Crippen LogP contribution in [0.1, 0.15) is 30.1 Å². The normalized spacial score (nSPS) is 18.1. The minimum atomic E-state index is -0.0186. The summed E-state index contributed by atoms with van der Waals surface area (Å²) in [5.74, 6) is 1.13. The lowest BCUT2D eigenvalue weighted by molar-refractivity contribution is 0.0732. The average Bonchev–Trinajstić information content (AvgIpc) is 2.68. The number of aromatic nitrogens is 3. The minimum absolute atomic E-state index is 0.0186. The standard InChI is InChI=1S/C19H25N5O/c1-3-24-10-4-5-15(14-24)13-23(2)19(25)17-11-21-18(22-12-17)16-6-8-20-9-7-16/h6-9,11-12,15H,3-5,10,13-14H2,1-2H3. The molecule has 0 aliphatic carbocycles. The van der Waals surface area contributed by atoms with Crippen molar-refractivity contribution < 1.29 is 4.79 Å². The smallest absolute Gasteiger partial charge is 0.256 e. The van der Waals surface area contributed by atoms with Crippen molar-refractivity contribution in [3.05, 3.63) is 42.5 Å². The summed E-state index contributed by atoms with van der Waals surface area (Å²) in [5, 5.41) is 0. The maximum absolute atomic E-state index is 12.6. The first-order valence-corrected chi connectivity index (χ1v) is 8.87. The van der Waals surface area contributed by atoms with Crippen molar-refractivity contribution in [2.45, 2.75) is 19.8 Å². The van der Waals surface area contributed by atoms with Gasteiger partial charge in [-0.05, 0) is 44.0 Å². The van der Waals surface area contributed by atoms with Crippen molar-refractivity contribution in [2.75, 3.05) is 33.2 Å². The second kappa shape index (κ2) is 8.16. The molecule has 1 unspecified atom stereocenters. The molecule has 0 N–H and O–H groups in total. The summed E-state index contributed by atoms with van der Waals surface area (Å²) in [6.45, 7) is 6.30. The molecule has 1 amide bonds. The van der Waals surface area contributed by atoms with Crippen LogP contribution in [0.4, 0.5) is 0 Å². The molecule has 0 saturated carbocycles. The number of nitrogens with zero attached hydrogens (tertiary/aromatic N) is 5. The van der Waals surface area contributed by atoms with Gasteiger partial charge in [-0.2, -0.15) is 0 Å². The van der Waals surface area contributed by atoms with Crippen LogP contribution in [0.15, 0.2) is 36.9 Å². The number of carbonyl (C=O) groups is 1. The van der Waals surface area contributed by atoms with E-state index < -0.39 is 0 Å². The third-order valence-electron chi connectivity index (χ3n) is 4.77. The van der Waals surface area contributed by atoms with E-state index in [0.29, 0.717) is 17.3 Å². The molecule has 1 aliphatic rings. The average molecular weight is 339 g/mol. The number of pyridine rings is 1. The molecule has 1 atom stereocenters. The maximum atomic E-state index is 12.6. The molecule has 0 radical (unpaired) electrons. The second-order valence-electron chi connectivity index (χ2n) is 6.62. The highest BCUT2D eigenvalue weighted by atomic mass is 16.2. The van der Waals surface area contributed by atoms with Gasteiger partial charge in [0.2, 0.25) is 0 Å². The van der Waals surface area contributed by atoms with Gasteiger partial charge >= 0.3 is 0 Å². The van der Waals surface area contributed by atoms with E-state index in [9.17, 15) is 4.79 Å². The third-order valence-corrected chi connectivity index (χ3v) is 4.77. The Balaban J connectivity index is 1.62. The summed E-state index contributed by atoms with van der Waals surface area (Å²) in [6.07, 6.45) is 9.03. The van der Waals surface area contributed by atoms with Crippen molar-refractivity contribution in [3.8, 4) is 11.4 Å². The van der Waals surface area contributed by atoms with Crippen LogP contribution in [-0.2, 0) is 0 Å². The van der Waals surface area contributed by atoms with Crippen molar-refractivity contribution in [1.82, 2.24) is 24.8 Å². The fourth-order valence-electron chi connectivity index (χ4n) is 3.37. The number of hydrogen-bond acceptors (Lipinski definition) is 5. The number of carbonyl (C=O) groups excluding carboxylic acids is 1. The first-order valence-electron chi connectivity index (χ1n) is 8.87. The van der Waals surface area contributed by atoms with Crippen LogP contribution in [0.3, 0.4) is 0 Å². The van der Waals surface area contributed by atoms with E-state index in [2.05, 4.69) is 26.8 Å². The van der Waals surface area contributed by atoms with Gasteiger partial charge in [-0.25, -0.2) is 9.97 Å². The summed E-state index contributed by atoms with van der Waals surface area (Å²) < 4.78 is 0. The number of piperidine rings is 1. The first-order chi connectivity index (χ1) is 12.2. The first kappa shape index (κ1) is 17.5.